The Morgan fingerprint density at radius 3 is 2.79 bits per heavy atom. The van der Waals surface area contributed by atoms with Crippen LogP contribution < -0.4 is 0 Å². The van der Waals surface area contributed by atoms with E-state index in [0.29, 0.717) is 16.8 Å². The molecule has 0 N–H and O–H groups in total. The molecule has 2 heterocycles. The lowest BCUT2D eigenvalue weighted by Crippen LogP contribution is -2.38. The number of amides is 1. The molecule has 1 aromatic rings. The summed E-state index contributed by atoms with van der Waals surface area (Å²) < 4.78 is 0. The lowest BCUT2D eigenvalue weighted by atomic mass is 10.2. The van der Waals surface area contributed by atoms with Gasteiger partial charge in [-0.25, -0.2) is 4.98 Å². The molecule has 1 fully saturated rings. The first-order valence-corrected chi connectivity index (χ1v) is 7.18. The topological polar surface area (TPSA) is 36.4 Å². The number of rotatable bonds is 4. The monoisotopic (exact) mass is 281 g/mol. The van der Waals surface area contributed by atoms with E-state index < -0.39 is 0 Å². The van der Waals surface area contributed by atoms with Crippen molar-refractivity contribution in [1.82, 2.24) is 14.8 Å². The van der Waals surface area contributed by atoms with E-state index in [1.807, 2.05) is 4.90 Å². The standard InChI is InChI=1S/C14H20ClN3O/c1-3-17(4-2)12-7-8-18(10-12)14(19)11-5-6-13(15)16-9-11/h5-6,9,12H,3-4,7-8,10H2,1-2H3. The molecule has 0 aromatic carbocycles. The van der Waals surface area contributed by atoms with Gasteiger partial charge in [0.2, 0.25) is 0 Å². The molecular weight excluding hydrogens is 262 g/mol. The first-order valence-electron chi connectivity index (χ1n) is 6.80. The van der Waals surface area contributed by atoms with Crippen LogP contribution in [0.3, 0.4) is 0 Å². The third kappa shape index (κ3) is 3.25. The molecule has 19 heavy (non-hydrogen) atoms. The molecule has 0 radical (unpaired) electrons. The summed E-state index contributed by atoms with van der Waals surface area (Å²) in [6.45, 7) is 8.03. The van der Waals surface area contributed by atoms with Gasteiger partial charge in [0.15, 0.2) is 0 Å². The molecule has 1 aliphatic rings. The highest BCUT2D eigenvalue weighted by atomic mass is 35.5. The van der Waals surface area contributed by atoms with Gasteiger partial charge in [0.25, 0.3) is 5.91 Å². The number of carbonyl (C=O) groups is 1. The van der Waals surface area contributed by atoms with Gasteiger partial charge >= 0.3 is 0 Å². The molecule has 1 atom stereocenters. The van der Waals surface area contributed by atoms with Crippen LogP contribution in [0.5, 0.6) is 0 Å². The van der Waals surface area contributed by atoms with E-state index >= 15 is 0 Å². The summed E-state index contributed by atoms with van der Waals surface area (Å²) in [7, 11) is 0. The fraction of sp³-hybridized carbons (Fsp3) is 0.571. The van der Waals surface area contributed by atoms with Gasteiger partial charge < -0.3 is 4.90 Å². The van der Waals surface area contributed by atoms with Crippen LogP contribution in [0, 0.1) is 0 Å². The van der Waals surface area contributed by atoms with E-state index in [4.69, 9.17) is 11.6 Å². The van der Waals surface area contributed by atoms with Gasteiger partial charge in [-0.15, -0.1) is 0 Å². The lowest BCUT2D eigenvalue weighted by molar-refractivity contribution is 0.0777. The summed E-state index contributed by atoms with van der Waals surface area (Å²) in [4.78, 5) is 20.6. The summed E-state index contributed by atoms with van der Waals surface area (Å²) in [5, 5.41) is 0.416. The number of hydrogen-bond acceptors (Lipinski definition) is 3. The Labute approximate surface area is 119 Å². The smallest absolute Gasteiger partial charge is 0.255 e. The largest absolute Gasteiger partial charge is 0.337 e. The number of hydrogen-bond donors (Lipinski definition) is 0. The minimum Gasteiger partial charge on any atom is -0.337 e. The fourth-order valence-electron chi connectivity index (χ4n) is 2.65. The first kappa shape index (κ1) is 14.3. The van der Waals surface area contributed by atoms with Crippen molar-refractivity contribution in [3.05, 3.63) is 29.0 Å². The highest BCUT2D eigenvalue weighted by molar-refractivity contribution is 6.29. The molecule has 0 bridgehead atoms. The summed E-state index contributed by atoms with van der Waals surface area (Å²) in [5.74, 6) is 0.0545. The molecule has 0 spiro atoms. The molecule has 1 aromatic heterocycles. The van der Waals surface area contributed by atoms with Crippen molar-refractivity contribution in [3.63, 3.8) is 0 Å². The Kier molecular flexibility index (Phi) is 4.77. The van der Waals surface area contributed by atoms with Gasteiger partial charge in [-0.1, -0.05) is 25.4 Å². The fourth-order valence-corrected chi connectivity index (χ4v) is 2.76. The Morgan fingerprint density at radius 1 is 1.47 bits per heavy atom. The molecule has 1 saturated heterocycles. The van der Waals surface area contributed by atoms with E-state index in [1.165, 1.54) is 0 Å². The maximum atomic E-state index is 12.3. The quantitative estimate of drug-likeness (QED) is 0.795. The molecule has 0 saturated carbocycles. The van der Waals surface area contributed by atoms with E-state index in [1.54, 1.807) is 18.3 Å². The maximum Gasteiger partial charge on any atom is 0.255 e. The van der Waals surface area contributed by atoms with Crippen molar-refractivity contribution in [2.45, 2.75) is 26.3 Å². The third-order valence-corrected chi connectivity index (χ3v) is 3.98. The maximum absolute atomic E-state index is 12.3. The third-order valence-electron chi connectivity index (χ3n) is 3.75. The second kappa shape index (κ2) is 6.35. The predicted octanol–water partition coefficient (Wildman–Crippen LogP) is 2.29. The van der Waals surface area contributed by atoms with Gasteiger partial charge in [0.05, 0.1) is 5.56 Å². The van der Waals surface area contributed by atoms with E-state index in [9.17, 15) is 4.79 Å². The minimum absolute atomic E-state index is 0.0545. The molecule has 1 unspecified atom stereocenters. The number of likely N-dealkylation sites (tertiary alicyclic amines) is 1. The van der Waals surface area contributed by atoms with E-state index in [2.05, 4.69) is 23.7 Å². The molecular formula is C14H20ClN3O. The van der Waals surface area contributed by atoms with Gasteiger partial charge in [-0.2, -0.15) is 0 Å². The van der Waals surface area contributed by atoms with Crippen molar-refractivity contribution < 1.29 is 4.79 Å². The SMILES string of the molecule is CCN(CC)C1CCN(C(=O)c2ccc(Cl)nc2)C1. The molecule has 1 amide bonds. The van der Waals surface area contributed by atoms with Crippen LogP contribution in [0.2, 0.25) is 5.15 Å². The van der Waals surface area contributed by atoms with Crippen LogP contribution in [0.25, 0.3) is 0 Å². The molecule has 4 nitrogen and oxygen atoms in total. The highest BCUT2D eigenvalue weighted by Crippen LogP contribution is 2.18. The van der Waals surface area contributed by atoms with Gasteiger partial charge in [-0.05, 0) is 31.6 Å². The van der Waals surface area contributed by atoms with Crippen molar-refractivity contribution in [2.24, 2.45) is 0 Å². The average Bonchev–Trinajstić information content (AvgIpc) is 2.90. The summed E-state index contributed by atoms with van der Waals surface area (Å²) >= 11 is 5.74. The Hall–Kier alpha value is -1.13. The van der Waals surface area contributed by atoms with Crippen LogP contribution in [0.4, 0.5) is 0 Å². The van der Waals surface area contributed by atoms with Crippen molar-refractivity contribution in [1.29, 1.82) is 0 Å². The zero-order valence-corrected chi connectivity index (χ0v) is 12.2. The van der Waals surface area contributed by atoms with E-state index in [-0.39, 0.29) is 5.91 Å². The molecule has 104 valence electrons. The predicted molar refractivity (Wildman–Crippen MR) is 76.5 cm³/mol. The van der Waals surface area contributed by atoms with Gasteiger partial charge in [0.1, 0.15) is 5.15 Å². The second-order valence-electron chi connectivity index (χ2n) is 4.78. The van der Waals surface area contributed by atoms with Crippen molar-refractivity contribution >= 4 is 17.5 Å². The number of nitrogens with zero attached hydrogens (tertiary/aromatic N) is 3. The number of carbonyl (C=O) groups excluding carboxylic acids is 1. The Balaban J connectivity index is 2.00. The number of likely N-dealkylation sites (N-methyl/N-ethyl adjacent to an activating group) is 1. The zero-order valence-electron chi connectivity index (χ0n) is 11.5. The molecule has 0 aliphatic carbocycles. The average molecular weight is 282 g/mol. The van der Waals surface area contributed by atoms with Crippen LogP contribution in [0.15, 0.2) is 18.3 Å². The second-order valence-corrected chi connectivity index (χ2v) is 5.17. The van der Waals surface area contributed by atoms with Crippen LogP contribution in [0.1, 0.15) is 30.6 Å². The van der Waals surface area contributed by atoms with Crippen LogP contribution in [-0.2, 0) is 0 Å². The van der Waals surface area contributed by atoms with Crippen molar-refractivity contribution in [2.75, 3.05) is 26.2 Å². The van der Waals surface area contributed by atoms with Gasteiger partial charge in [-0.3, -0.25) is 9.69 Å². The Morgan fingerprint density at radius 2 is 2.21 bits per heavy atom. The lowest BCUT2D eigenvalue weighted by Gasteiger charge is -2.26. The normalized spacial score (nSPS) is 19.2. The molecule has 5 heteroatoms. The number of pyridine rings is 1. The molecule has 2 rings (SSSR count). The molecule has 1 aliphatic heterocycles. The summed E-state index contributed by atoms with van der Waals surface area (Å²) in [6, 6.07) is 3.88. The van der Waals surface area contributed by atoms with E-state index in [0.717, 1.165) is 32.6 Å². The minimum atomic E-state index is 0.0545. The van der Waals surface area contributed by atoms with Crippen molar-refractivity contribution in [3.8, 4) is 0 Å². The van der Waals surface area contributed by atoms with Gasteiger partial charge in [0, 0.05) is 25.3 Å². The highest BCUT2D eigenvalue weighted by Gasteiger charge is 2.29. The first-order chi connectivity index (χ1) is 9.15. The Bertz CT molecular complexity index is 431. The van der Waals surface area contributed by atoms with Crippen LogP contribution >= 0.6 is 11.6 Å². The zero-order chi connectivity index (χ0) is 13.8. The number of aromatic nitrogens is 1. The summed E-state index contributed by atoms with van der Waals surface area (Å²) in [6.07, 6.45) is 2.60. The number of halogens is 1. The summed E-state index contributed by atoms with van der Waals surface area (Å²) in [5.41, 5.74) is 0.615. The van der Waals surface area contributed by atoms with Crippen LogP contribution in [-0.4, -0.2) is 52.9 Å².